The van der Waals surface area contributed by atoms with Crippen LogP contribution >= 0.6 is 0 Å². The largest absolute Gasteiger partial charge is 0.378 e. The Balaban J connectivity index is 1.79. The minimum Gasteiger partial charge on any atom is -0.378 e. The zero-order valence-electron chi connectivity index (χ0n) is 13.6. The Morgan fingerprint density at radius 1 is 1.23 bits per heavy atom. The fourth-order valence-corrected chi connectivity index (χ4v) is 3.86. The molecule has 1 aliphatic heterocycles. The van der Waals surface area contributed by atoms with Crippen LogP contribution in [0.2, 0.25) is 0 Å². The molecule has 0 radical (unpaired) electrons. The topological polar surface area (TPSA) is 25.4 Å². The van der Waals surface area contributed by atoms with Crippen molar-refractivity contribution in [3.63, 3.8) is 0 Å². The van der Waals surface area contributed by atoms with Gasteiger partial charge in [0.2, 0.25) is 0 Å². The first kappa shape index (κ1) is 14.0. The number of nitrogens with zero attached hydrogens (tertiary/aromatic N) is 2. The molecule has 116 valence electrons. The number of fused-ring (bicyclic) bond motifs is 2. The van der Waals surface area contributed by atoms with Gasteiger partial charge in [-0.25, -0.2) is 0 Å². The van der Waals surface area contributed by atoms with Crippen molar-refractivity contribution >= 4 is 16.6 Å². The van der Waals surface area contributed by atoms with Crippen LogP contribution in [0.1, 0.15) is 30.2 Å². The van der Waals surface area contributed by atoms with Gasteiger partial charge in [-0.1, -0.05) is 6.92 Å². The van der Waals surface area contributed by atoms with E-state index in [1.807, 2.05) is 0 Å². The first-order valence-electron chi connectivity index (χ1n) is 8.47. The van der Waals surface area contributed by atoms with Crippen molar-refractivity contribution in [1.82, 2.24) is 4.98 Å². The van der Waals surface area contributed by atoms with Crippen LogP contribution in [0.4, 0.5) is 5.69 Å². The smallest absolute Gasteiger partial charge is 0.0709 e. The van der Waals surface area contributed by atoms with E-state index >= 15 is 0 Å². The molecule has 2 aliphatic rings. The van der Waals surface area contributed by atoms with Crippen molar-refractivity contribution in [2.45, 2.75) is 33.1 Å². The Bertz CT molecular complexity index is 704. The number of benzene rings is 1. The van der Waals surface area contributed by atoms with Gasteiger partial charge >= 0.3 is 0 Å². The van der Waals surface area contributed by atoms with Crippen LogP contribution < -0.4 is 4.90 Å². The molecular weight excluding hydrogens is 272 g/mol. The Labute approximate surface area is 132 Å². The zero-order chi connectivity index (χ0) is 15.1. The summed E-state index contributed by atoms with van der Waals surface area (Å²) in [5.74, 6) is 0.768. The van der Waals surface area contributed by atoms with E-state index < -0.39 is 0 Å². The molecule has 22 heavy (non-hydrogen) atoms. The maximum Gasteiger partial charge on any atom is 0.0709 e. The van der Waals surface area contributed by atoms with Gasteiger partial charge in [-0.2, -0.15) is 0 Å². The maximum atomic E-state index is 5.46. The summed E-state index contributed by atoms with van der Waals surface area (Å²) in [6.45, 7) is 8.25. The highest BCUT2D eigenvalue weighted by Crippen LogP contribution is 2.32. The highest BCUT2D eigenvalue weighted by atomic mass is 16.5. The van der Waals surface area contributed by atoms with Crippen molar-refractivity contribution in [2.75, 3.05) is 31.2 Å². The van der Waals surface area contributed by atoms with Crippen LogP contribution in [0.3, 0.4) is 0 Å². The van der Waals surface area contributed by atoms with Gasteiger partial charge in [0, 0.05) is 29.9 Å². The molecular formula is C19H24N2O. The van der Waals surface area contributed by atoms with Gasteiger partial charge in [0.1, 0.15) is 0 Å². The van der Waals surface area contributed by atoms with Crippen molar-refractivity contribution in [1.29, 1.82) is 0 Å². The standard InChI is InChI=1S/C19H24N2O/c1-13-3-5-16-14(2)17-12-15(21-7-9-22-10-8-21)4-6-18(17)20-19(16)11-13/h4,6,12-13H,3,5,7-11H2,1-2H3. The van der Waals surface area contributed by atoms with Crippen molar-refractivity contribution < 1.29 is 4.74 Å². The van der Waals surface area contributed by atoms with Crippen LogP contribution in [-0.4, -0.2) is 31.3 Å². The fraction of sp³-hybridized carbons (Fsp3) is 0.526. The molecule has 1 atom stereocenters. The van der Waals surface area contributed by atoms with Crippen LogP contribution in [0.5, 0.6) is 0 Å². The molecule has 0 amide bonds. The second kappa shape index (κ2) is 5.54. The van der Waals surface area contributed by atoms with E-state index in [2.05, 4.69) is 36.9 Å². The van der Waals surface area contributed by atoms with E-state index in [-0.39, 0.29) is 0 Å². The Kier molecular flexibility index (Phi) is 3.53. The highest BCUT2D eigenvalue weighted by molar-refractivity contribution is 5.87. The highest BCUT2D eigenvalue weighted by Gasteiger charge is 2.20. The van der Waals surface area contributed by atoms with E-state index in [4.69, 9.17) is 9.72 Å². The summed E-state index contributed by atoms with van der Waals surface area (Å²) >= 11 is 0. The molecule has 4 rings (SSSR count). The molecule has 1 aromatic carbocycles. The monoisotopic (exact) mass is 296 g/mol. The lowest BCUT2D eigenvalue weighted by atomic mass is 9.85. The lowest BCUT2D eigenvalue weighted by molar-refractivity contribution is 0.122. The summed E-state index contributed by atoms with van der Waals surface area (Å²) in [5.41, 5.74) is 6.75. The molecule has 0 spiro atoms. The van der Waals surface area contributed by atoms with Crippen molar-refractivity contribution in [3.8, 4) is 0 Å². The van der Waals surface area contributed by atoms with Crippen LogP contribution in [0, 0.1) is 12.8 Å². The average Bonchev–Trinajstić information content (AvgIpc) is 2.55. The molecule has 3 nitrogen and oxygen atoms in total. The van der Waals surface area contributed by atoms with Crippen molar-refractivity contribution in [2.24, 2.45) is 5.92 Å². The number of anilines is 1. The zero-order valence-corrected chi connectivity index (χ0v) is 13.6. The maximum absolute atomic E-state index is 5.46. The van der Waals surface area contributed by atoms with Gasteiger partial charge in [-0.3, -0.25) is 4.98 Å². The third-order valence-corrected chi connectivity index (χ3v) is 5.25. The number of ether oxygens (including phenoxy) is 1. The average molecular weight is 296 g/mol. The van der Waals surface area contributed by atoms with Crippen LogP contribution in [0.25, 0.3) is 10.9 Å². The van der Waals surface area contributed by atoms with Crippen LogP contribution in [-0.2, 0) is 17.6 Å². The summed E-state index contributed by atoms with van der Waals surface area (Å²) in [6, 6.07) is 6.76. The molecule has 0 saturated carbocycles. The summed E-state index contributed by atoms with van der Waals surface area (Å²) in [6.07, 6.45) is 3.62. The first-order valence-corrected chi connectivity index (χ1v) is 8.47. The number of morpholine rings is 1. The molecule has 1 saturated heterocycles. The molecule has 1 unspecified atom stereocenters. The number of aryl methyl sites for hydroxylation is 1. The molecule has 1 aromatic heterocycles. The van der Waals surface area contributed by atoms with Gasteiger partial charge in [0.25, 0.3) is 0 Å². The lowest BCUT2D eigenvalue weighted by Gasteiger charge is -2.29. The Morgan fingerprint density at radius 2 is 2.05 bits per heavy atom. The minimum absolute atomic E-state index is 0.768. The van der Waals surface area contributed by atoms with Crippen LogP contribution in [0.15, 0.2) is 18.2 Å². The Hall–Kier alpha value is -1.61. The second-order valence-electron chi connectivity index (χ2n) is 6.81. The number of rotatable bonds is 1. The Morgan fingerprint density at radius 3 is 2.86 bits per heavy atom. The van der Waals surface area contributed by atoms with E-state index in [9.17, 15) is 0 Å². The third-order valence-electron chi connectivity index (χ3n) is 5.25. The SMILES string of the molecule is Cc1c2c(nc3ccc(N4CCOCC4)cc13)CC(C)CC2. The summed E-state index contributed by atoms with van der Waals surface area (Å²) in [7, 11) is 0. The van der Waals surface area contributed by atoms with Gasteiger partial charge in [-0.05, 0) is 61.4 Å². The quantitative estimate of drug-likeness (QED) is 0.805. The summed E-state index contributed by atoms with van der Waals surface area (Å²) in [4.78, 5) is 7.39. The summed E-state index contributed by atoms with van der Waals surface area (Å²) in [5, 5.41) is 1.33. The lowest BCUT2D eigenvalue weighted by Crippen LogP contribution is -2.36. The summed E-state index contributed by atoms with van der Waals surface area (Å²) < 4.78 is 5.46. The van der Waals surface area contributed by atoms with Crippen molar-refractivity contribution in [3.05, 3.63) is 35.0 Å². The number of hydrogen-bond acceptors (Lipinski definition) is 3. The third kappa shape index (κ3) is 2.38. The predicted molar refractivity (Wildman–Crippen MR) is 90.7 cm³/mol. The van der Waals surface area contributed by atoms with E-state index in [1.54, 1.807) is 0 Å². The molecule has 2 aromatic rings. The molecule has 3 heteroatoms. The normalized spacial score (nSPS) is 21.9. The van der Waals surface area contributed by atoms with E-state index in [1.165, 1.54) is 40.7 Å². The van der Waals surface area contributed by atoms with Gasteiger partial charge in [0.05, 0.1) is 18.7 Å². The first-order chi connectivity index (χ1) is 10.7. The molecule has 0 bridgehead atoms. The fourth-order valence-electron chi connectivity index (χ4n) is 3.86. The number of aromatic nitrogens is 1. The minimum atomic E-state index is 0.768. The molecule has 1 fully saturated rings. The molecule has 1 aliphatic carbocycles. The number of pyridine rings is 1. The van der Waals surface area contributed by atoms with Gasteiger partial charge < -0.3 is 9.64 Å². The predicted octanol–water partition coefficient (Wildman–Crippen LogP) is 3.50. The van der Waals surface area contributed by atoms with Gasteiger partial charge in [-0.15, -0.1) is 0 Å². The number of hydrogen-bond donors (Lipinski definition) is 0. The second-order valence-corrected chi connectivity index (χ2v) is 6.81. The van der Waals surface area contributed by atoms with Gasteiger partial charge in [0.15, 0.2) is 0 Å². The van der Waals surface area contributed by atoms with E-state index in [0.717, 1.165) is 44.2 Å². The molecule has 0 N–H and O–H groups in total. The molecule has 2 heterocycles. The van der Waals surface area contributed by atoms with E-state index in [0.29, 0.717) is 0 Å².